The molecule has 29 heavy (non-hydrogen) atoms. The molecule has 6 nitrogen and oxygen atoms in total. The topological polar surface area (TPSA) is 47.1 Å². The maximum Gasteiger partial charge on any atom is 0.257 e. The standard InChI is InChI=1S/C23H26N4O2/c1-24-20-16-17(9-10-19(20)23(29)27-11-5-8-21(24)27)22(28)26-14-12-25(13-15-26)18-6-3-2-4-7-18/h2-4,6-7,9-10,16,21H,5,8,11-15H2,1H3/t21-/m0/s1. The van der Waals surface area contributed by atoms with Crippen LogP contribution in [0.15, 0.2) is 48.5 Å². The molecule has 3 aliphatic heterocycles. The molecule has 0 N–H and O–H groups in total. The number of piperazine rings is 1. The summed E-state index contributed by atoms with van der Waals surface area (Å²) in [4.78, 5) is 34.3. The van der Waals surface area contributed by atoms with Gasteiger partial charge >= 0.3 is 0 Å². The Morgan fingerprint density at radius 1 is 0.966 bits per heavy atom. The summed E-state index contributed by atoms with van der Waals surface area (Å²) >= 11 is 0. The molecule has 6 heteroatoms. The molecule has 2 aromatic rings. The molecule has 3 aliphatic rings. The molecule has 3 heterocycles. The number of para-hydroxylation sites is 1. The molecular weight excluding hydrogens is 364 g/mol. The zero-order chi connectivity index (χ0) is 20.0. The number of hydrogen-bond acceptors (Lipinski definition) is 4. The number of rotatable bonds is 2. The third-order valence-electron chi connectivity index (χ3n) is 6.47. The van der Waals surface area contributed by atoms with Gasteiger partial charge in [-0.3, -0.25) is 9.59 Å². The van der Waals surface area contributed by atoms with E-state index in [4.69, 9.17) is 0 Å². The fourth-order valence-electron chi connectivity index (χ4n) is 4.83. The highest BCUT2D eigenvalue weighted by molar-refractivity contribution is 6.04. The predicted molar refractivity (Wildman–Crippen MR) is 113 cm³/mol. The van der Waals surface area contributed by atoms with Crippen LogP contribution in [0.2, 0.25) is 0 Å². The van der Waals surface area contributed by atoms with Crippen LogP contribution in [-0.4, -0.2) is 67.6 Å². The van der Waals surface area contributed by atoms with Gasteiger partial charge in [0.15, 0.2) is 0 Å². The van der Waals surface area contributed by atoms with Crippen molar-refractivity contribution in [3.8, 4) is 0 Å². The smallest absolute Gasteiger partial charge is 0.257 e. The summed E-state index contributed by atoms with van der Waals surface area (Å²) in [6, 6.07) is 15.9. The summed E-state index contributed by atoms with van der Waals surface area (Å²) in [5, 5.41) is 0. The second-order valence-electron chi connectivity index (χ2n) is 8.08. The monoisotopic (exact) mass is 390 g/mol. The molecule has 2 saturated heterocycles. The van der Waals surface area contributed by atoms with E-state index >= 15 is 0 Å². The second kappa shape index (κ2) is 7.10. The van der Waals surface area contributed by atoms with E-state index in [0.717, 1.165) is 38.2 Å². The summed E-state index contributed by atoms with van der Waals surface area (Å²) in [6.07, 6.45) is 2.14. The highest BCUT2D eigenvalue weighted by atomic mass is 16.2. The molecule has 0 radical (unpaired) electrons. The molecular formula is C23H26N4O2. The number of carbonyl (C=O) groups is 2. The van der Waals surface area contributed by atoms with Crippen molar-refractivity contribution in [1.82, 2.24) is 9.80 Å². The number of hydrogen-bond donors (Lipinski definition) is 0. The molecule has 150 valence electrons. The van der Waals surface area contributed by atoms with Gasteiger partial charge in [0.25, 0.3) is 11.8 Å². The van der Waals surface area contributed by atoms with Gasteiger partial charge in [0.2, 0.25) is 0 Å². The summed E-state index contributed by atoms with van der Waals surface area (Å²) in [6.45, 7) is 3.89. The molecule has 2 aromatic carbocycles. The van der Waals surface area contributed by atoms with Crippen molar-refractivity contribution in [3.05, 3.63) is 59.7 Å². The number of nitrogens with zero attached hydrogens (tertiary/aromatic N) is 4. The number of amides is 2. The highest BCUT2D eigenvalue weighted by Crippen LogP contribution is 2.35. The lowest BCUT2D eigenvalue weighted by molar-refractivity contribution is 0.0713. The second-order valence-corrected chi connectivity index (χ2v) is 8.08. The van der Waals surface area contributed by atoms with Crippen LogP contribution in [0.3, 0.4) is 0 Å². The van der Waals surface area contributed by atoms with Gasteiger partial charge in [0, 0.05) is 51.0 Å². The van der Waals surface area contributed by atoms with Gasteiger partial charge in [0.05, 0.1) is 11.3 Å². The Labute approximate surface area is 171 Å². The molecule has 2 amide bonds. The summed E-state index contributed by atoms with van der Waals surface area (Å²) in [7, 11) is 2.03. The quantitative estimate of drug-likeness (QED) is 0.791. The Morgan fingerprint density at radius 3 is 2.48 bits per heavy atom. The van der Waals surface area contributed by atoms with E-state index in [1.807, 2.05) is 53.2 Å². The molecule has 0 saturated carbocycles. The number of benzene rings is 2. The molecule has 0 bridgehead atoms. The van der Waals surface area contributed by atoms with Crippen LogP contribution >= 0.6 is 0 Å². The van der Waals surface area contributed by atoms with Crippen LogP contribution in [0.5, 0.6) is 0 Å². The first-order valence-corrected chi connectivity index (χ1v) is 10.4. The van der Waals surface area contributed by atoms with E-state index in [9.17, 15) is 9.59 Å². The predicted octanol–water partition coefficient (Wildman–Crippen LogP) is 2.66. The minimum atomic E-state index is 0.0511. The molecule has 0 aliphatic carbocycles. The van der Waals surface area contributed by atoms with E-state index in [-0.39, 0.29) is 18.0 Å². The first-order chi connectivity index (χ1) is 14.1. The van der Waals surface area contributed by atoms with E-state index in [1.165, 1.54) is 5.69 Å². The zero-order valence-electron chi connectivity index (χ0n) is 16.8. The van der Waals surface area contributed by atoms with E-state index in [0.29, 0.717) is 24.2 Å². The van der Waals surface area contributed by atoms with Gasteiger partial charge in [-0.25, -0.2) is 0 Å². The van der Waals surface area contributed by atoms with Crippen LogP contribution in [0.1, 0.15) is 33.6 Å². The maximum absolute atomic E-state index is 13.1. The lowest BCUT2D eigenvalue weighted by Gasteiger charge is -2.40. The summed E-state index contributed by atoms with van der Waals surface area (Å²) < 4.78 is 0. The van der Waals surface area contributed by atoms with Crippen molar-refractivity contribution in [3.63, 3.8) is 0 Å². The molecule has 0 unspecified atom stereocenters. The number of carbonyl (C=O) groups excluding carboxylic acids is 2. The van der Waals surface area contributed by atoms with Gasteiger partial charge in [-0.2, -0.15) is 0 Å². The van der Waals surface area contributed by atoms with Crippen molar-refractivity contribution in [2.45, 2.75) is 19.0 Å². The van der Waals surface area contributed by atoms with Gasteiger partial charge in [-0.15, -0.1) is 0 Å². The van der Waals surface area contributed by atoms with Gasteiger partial charge < -0.3 is 19.6 Å². The average molecular weight is 390 g/mol. The minimum absolute atomic E-state index is 0.0511. The fourth-order valence-corrected chi connectivity index (χ4v) is 4.83. The van der Waals surface area contributed by atoms with Gasteiger partial charge in [-0.1, -0.05) is 18.2 Å². The average Bonchev–Trinajstić information content (AvgIpc) is 3.28. The number of anilines is 2. The fraction of sp³-hybridized carbons (Fsp3) is 0.391. The molecule has 5 rings (SSSR count). The van der Waals surface area contributed by atoms with Gasteiger partial charge in [0.1, 0.15) is 6.17 Å². The first kappa shape index (κ1) is 18.0. The van der Waals surface area contributed by atoms with Crippen LogP contribution < -0.4 is 9.80 Å². The van der Waals surface area contributed by atoms with Crippen molar-refractivity contribution in [2.75, 3.05) is 49.6 Å². The van der Waals surface area contributed by atoms with Crippen LogP contribution in [0.25, 0.3) is 0 Å². The Hall–Kier alpha value is -3.02. The maximum atomic E-state index is 13.1. The Bertz CT molecular complexity index is 937. The molecule has 0 spiro atoms. The summed E-state index contributed by atoms with van der Waals surface area (Å²) in [5.41, 5.74) is 3.46. The summed E-state index contributed by atoms with van der Waals surface area (Å²) in [5.74, 6) is 0.145. The Balaban J connectivity index is 1.33. The van der Waals surface area contributed by atoms with Crippen molar-refractivity contribution in [1.29, 1.82) is 0 Å². The van der Waals surface area contributed by atoms with E-state index < -0.39 is 0 Å². The largest absolute Gasteiger partial charge is 0.368 e. The lowest BCUT2D eigenvalue weighted by Crippen LogP contribution is -2.50. The minimum Gasteiger partial charge on any atom is -0.368 e. The van der Waals surface area contributed by atoms with Crippen molar-refractivity contribution in [2.24, 2.45) is 0 Å². The van der Waals surface area contributed by atoms with Crippen molar-refractivity contribution < 1.29 is 9.59 Å². The molecule has 2 fully saturated rings. The number of fused-ring (bicyclic) bond motifs is 2. The third-order valence-corrected chi connectivity index (χ3v) is 6.47. The SMILES string of the molecule is CN1c2cc(C(=O)N3CCN(c4ccccc4)CC3)ccc2C(=O)N2CCC[C@H]21. The van der Waals surface area contributed by atoms with E-state index in [1.54, 1.807) is 0 Å². The van der Waals surface area contributed by atoms with Crippen LogP contribution in [0, 0.1) is 0 Å². The van der Waals surface area contributed by atoms with Gasteiger partial charge in [-0.05, 0) is 43.2 Å². The Morgan fingerprint density at radius 2 is 1.72 bits per heavy atom. The lowest BCUT2D eigenvalue weighted by atomic mass is 10.0. The van der Waals surface area contributed by atoms with Crippen LogP contribution in [0.4, 0.5) is 11.4 Å². The van der Waals surface area contributed by atoms with E-state index in [2.05, 4.69) is 21.9 Å². The first-order valence-electron chi connectivity index (χ1n) is 10.4. The van der Waals surface area contributed by atoms with Crippen molar-refractivity contribution >= 4 is 23.2 Å². The normalized spacial score (nSPS) is 21.3. The molecule has 0 aromatic heterocycles. The third kappa shape index (κ3) is 3.03. The highest BCUT2D eigenvalue weighted by Gasteiger charge is 2.39. The molecule has 1 atom stereocenters. The zero-order valence-corrected chi connectivity index (χ0v) is 16.8. The Kier molecular flexibility index (Phi) is 4.42. The van der Waals surface area contributed by atoms with Crippen LogP contribution in [-0.2, 0) is 0 Å².